The van der Waals surface area contributed by atoms with Gasteiger partial charge in [0, 0.05) is 11.5 Å². The van der Waals surface area contributed by atoms with Crippen LogP contribution in [0.25, 0.3) is 0 Å². The van der Waals surface area contributed by atoms with Crippen molar-refractivity contribution in [2.24, 2.45) is 23.7 Å². The van der Waals surface area contributed by atoms with Gasteiger partial charge in [-0.25, -0.2) is 4.39 Å². The molecule has 42 heavy (non-hydrogen) atoms. The van der Waals surface area contributed by atoms with E-state index in [1.54, 1.807) is 6.07 Å². The zero-order valence-electron chi connectivity index (χ0n) is 24.7. The van der Waals surface area contributed by atoms with Crippen LogP contribution in [0.15, 0.2) is 42.5 Å². The van der Waals surface area contributed by atoms with E-state index in [0.717, 1.165) is 5.92 Å². The summed E-state index contributed by atoms with van der Waals surface area (Å²) in [5.74, 6) is 0.566. The Morgan fingerprint density at radius 2 is 1.57 bits per heavy atom. The number of alkyl halides is 2. The van der Waals surface area contributed by atoms with Gasteiger partial charge < -0.3 is 14.2 Å². The van der Waals surface area contributed by atoms with Crippen molar-refractivity contribution in [1.82, 2.24) is 0 Å². The zero-order valence-corrected chi connectivity index (χ0v) is 24.7. The molecule has 0 spiro atoms. The van der Waals surface area contributed by atoms with Crippen molar-refractivity contribution in [3.63, 3.8) is 0 Å². The molecule has 0 radical (unpaired) electrons. The predicted molar refractivity (Wildman–Crippen MR) is 156 cm³/mol. The van der Waals surface area contributed by atoms with Crippen molar-refractivity contribution in [2.45, 2.75) is 102 Å². The minimum absolute atomic E-state index is 0.0337. The molecule has 228 valence electrons. The highest BCUT2D eigenvalue weighted by atomic mass is 19.3. The lowest BCUT2D eigenvalue weighted by Gasteiger charge is -2.38. The average Bonchev–Trinajstić information content (AvgIpc) is 3.02. The summed E-state index contributed by atoms with van der Waals surface area (Å²) in [4.78, 5) is 0. The summed E-state index contributed by atoms with van der Waals surface area (Å²) in [6, 6.07) is 12.8. The van der Waals surface area contributed by atoms with Gasteiger partial charge in [0.25, 0.3) is 0 Å². The van der Waals surface area contributed by atoms with Crippen LogP contribution < -0.4 is 4.74 Å². The number of hydrogen-bond acceptors (Lipinski definition) is 4. The molecule has 7 heteroatoms. The molecule has 5 rings (SSSR count). The molecule has 3 fully saturated rings. The third-order valence-electron chi connectivity index (χ3n) is 9.87. The number of benzene rings is 2. The Kier molecular flexibility index (Phi) is 10.5. The molecule has 3 aliphatic rings. The minimum Gasteiger partial charge on any atom is -0.432 e. The first-order valence-corrected chi connectivity index (χ1v) is 16.0. The monoisotopic (exact) mass is 583 g/mol. The quantitative estimate of drug-likeness (QED) is 0.261. The summed E-state index contributed by atoms with van der Waals surface area (Å²) in [7, 11) is 0. The Labute approximate surface area is 248 Å². The zero-order chi connectivity index (χ0) is 29.5. The van der Waals surface area contributed by atoms with Crippen molar-refractivity contribution < 1.29 is 27.4 Å². The molecule has 2 aromatic rings. The summed E-state index contributed by atoms with van der Waals surface area (Å²) in [5.41, 5.74) is 1.62. The van der Waals surface area contributed by atoms with Crippen LogP contribution in [0.5, 0.6) is 5.75 Å². The molecular formula is C35H44F3NO3. The van der Waals surface area contributed by atoms with E-state index in [0.29, 0.717) is 54.6 Å². The molecular weight excluding hydrogens is 539 g/mol. The van der Waals surface area contributed by atoms with Crippen molar-refractivity contribution in [3.8, 4) is 11.8 Å². The molecule has 1 aliphatic heterocycles. The lowest BCUT2D eigenvalue weighted by molar-refractivity contribution is -0.222. The van der Waals surface area contributed by atoms with Gasteiger partial charge in [0.05, 0.1) is 30.8 Å². The smallest absolute Gasteiger partial charge is 0.400 e. The van der Waals surface area contributed by atoms with E-state index in [1.165, 1.54) is 81.7 Å². The van der Waals surface area contributed by atoms with Crippen LogP contribution in [0.4, 0.5) is 13.2 Å². The summed E-state index contributed by atoms with van der Waals surface area (Å²) in [6.45, 7) is 3.54. The Bertz CT molecular complexity index is 1170. The third kappa shape index (κ3) is 7.68. The normalized spacial score (nSPS) is 28.6. The van der Waals surface area contributed by atoms with E-state index >= 15 is 4.39 Å². The lowest BCUT2D eigenvalue weighted by Crippen LogP contribution is -2.37. The molecule has 2 aliphatic carbocycles. The lowest BCUT2D eigenvalue weighted by atomic mass is 9.74. The number of halogens is 3. The van der Waals surface area contributed by atoms with Crippen LogP contribution in [0.1, 0.15) is 113 Å². The number of nitrogens with zero attached hydrogens (tertiary/aromatic N) is 1. The standard InChI is InChI=1S/C35H44F3NO3/c1-2-3-4-5-24-6-10-26(11-7-24)29-22-40-34(41-23-29)28-14-19-32(33(36)20-28)27-12-15-30(16-13-27)35(37,38)42-31-17-8-25(21-39)9-18-31/h8-9,14,17-20,24,26-27,29-30,34H,2-7,10-13,15-16,22-23H2,1H3. The molecule has 0 aromatic heterocycles. The highest BCUT2D eigenvalue weighted by Crippen LogP contribution is 2.44. The molecule has 2 aromatic carbocycles. The van der Waals surface area contributed by atoms with Crippen LogP contribution in [-0.2, 0) is 9.47 Å². The number of ether oxygens (including phenoxy) is 3. The highest BCUT2D eigenvalue weighted by molar-refractivity contribution is 5.34. The minimum atomic E-state index is -3.33. The van der Waals surface area contributed by atoms with Gasteiger partial charge >= 0.3 is 6.11 Å². The molecule has 0 atom stereocenters. The average molecular weight is 584 g/mol. The largest absolute Gasteiger partial charge is 0.432 e. The summed E-state index contributed by atoms with van der Waals surface area (Å²) < 4.78 is 62.2. The van der Waals surface area contributed by atoms with Crippen LogP contribution in [0.2, 0.25) is 0 Å². The topological polar surface area (TPSA) is 51.5 Å². The first kappa shape index (κ1) is 30.9. The van der Waals surface area contributed by atoms with Gasteiger partial charge in [-0.15, -0.1) is 0 Å². The SMILES string of the molecule is CCCCCC1CCC(C2COC(c3ccc(C4CCC(C(F)(F)Oc5ccc(C#N)cc5)CC4)c(F)c3)OC2)CC1. The van der Waals surface area contributed by atoms with E-state index in [-0.39, 0.29) is 30.3 Å². The van der Waals surface area contributed by atoms with Gasteiger partial charge in [-0.1, -0.05) is 57.6 Å². The third-order valence-corrected chi connectivity index (χ3v) is 9.87. The Morgan fingerprint density at radius 3 is 2.19 bits per heavy atom. The summed E-state index contributed by atoms with van der Waals surface area (Å²) in [6.07, 6.45) is 7.97. The first-order chi connectivity index (χ1) is 20.4. The van der Waals surface area contributed by atoms with Crippen molar-refractivity contribution in [2.75, 3.05) is 13.2 Å². The van der Waals surface area contributed by atoms with Gasteiger partial charge in [0.2, 0.25) is 0 Å². The number of unbranched alkanes of at least 4 members (excludes halogenated alkanes) is 2. The number of hydrogen-bond donors (Lipinski definition) is 0. The van der Waals surface area contributed by atoms with E-state index in [4.69, 9.17) is 19.5 Å². The number of rotatable bonds is 10. The Balaban J connectivity index is 1.08. The van der Waals surface area contributed by atoms with Gasteiger partial charge in [0.1, 0.15) is 11.6 Å². The molecule has 1 heterocycles. The maximum absolute atomic E-state index is 15.3. The molecule has 4 nitrogen and oxygen atoms in total. The molecule has 0 bridgehead atoms. The van der Waals surface area contributed by atoms with E-state index in [9.17, 15) is 8.78 Å². The fourth-order valence-electron chi connectivity index (χ4n) is 7.21. The van der Waals surface area contributed by atoms with Crippen molar-refractivity contribution >= 4 is 0 Å². The maximum atomic E-state index is 15.3. The molecule has 1 saturated heterocycles. The fraction of sp³-hybridized carbons (Fsp3) is 0.629. The first-order valence-electron chi connectivity index (χ1n) is 16.0. The van der Waals surface area contributed by atoms with Crippen molar-refractivity contribution in [3.05, 3.63) is 65.0 Å². The second-order valence-electron chi connectivity index (χ2n) is 12.7. The second kappa shape index (κ2) is 14.3. The Morgan fingerprint density at radius 1 is 0.881 bits per heavy atom. The van der Waals surface area contributed by atoms with Gasteiger partial charge in [-0.3, -0.25) is 0 Å². The van der Waals surface area contributed by atoms with Crippen LogP contribution in [-0.4, -0.2) is 19.3 Å². The van der Waals surface area contributed by atoms with Crippen LogP contribution in [0.3, 0.4) is 0 Å². The fourth-order valence-corrected chi connectivity index (χ4v) is 7.21. The summed E-state index contributed by atoms with van der Waals surface area (Å²) >= 11 is 0. The second-order valence-corrected chi connectivity index (χ2v) is 12.7. The van der Waals surface area contributed by atoms with E-state index in [2.05, 4.69) is 6.92 Å². The molecule has 0 N–H and O–H groups in total. The Hall–Kier alpha value is -2.56. The summed E-state index contributed by atoms with van der Waals surface area (Å²) in [5, 5.41) is 8.89. The highest BCUT2D eigenvalue weighted by Gasteiger charge is 2.44. The van der Waals surface area contributed by atoms with E-state index in [1.807, 2.05) is 12.1 Å². The van der Waals surface area contributed by atoms with E-state index < -0.39 is 18.3 Å². The number of nitriles is 1. The van der Waals surface area contributed by atoms with Crippen LogP contribution in [0, 0.1) is 40.8 Å². The van der Waals surface area contributed by atoms with Crippen molar-refractivity contribution in [1.29, 1.82) is 5.26 Å². The maximum Gasteiger partial charge on any atom is 0.400 e. The van der Waals surface area contributed by atoms with Crippen LogP contribution >= 0.6 is 0 Å². The van der Waals surface area contributed by atoms with Gasteiger partial charge in [-0.2, -0.15) is 14.0 Å². The van der Waals surface area contributed by atoms with Gasteiger partial charge in [-0.05, 0) is 92.2 Å². The molecule has 0 unspecified atom stereocenters. The molecule has 0 amide bonds. The predicted octanol–water partition coefficient (Wildman–Crippen LogP) is 9.69. The van der Waals surface area contributed by atoms with Gasteiger partial charge in [0.15, 0.2) is 6.29 Å². The molecule has 2 saturated carbocycles.